The molecule has 3 aromatic rings. The SMILES string of the molecule is COCCOC(=O)c1c(C)[nH]c(C(=O)Nc2cccc(C#Cc3cccc(C(=O)OC)c3)c2)c1C. The van der Waals surface area contributed by atoms with Crippen LogP contribution in [0.15, 0.2) is 48.5 Å². The van der Waals surface area contributed by atoms with Gasteiger partial charge in [0.1, 0.15) is 12.3 Å². The van der Waals surface area contributed by atoms with Gasteiger partial charge in [-0.25, -0.2) is 9.59 Å². The second-order valence-corrected chi connectivity index (χ2v) is 7.61. The molecule has 1 amide bonds. The first-order valence-corrected chi connectivity index (χ1v) is 10.8. The summed E-state index contributed by atoms with van der Waals surface area (Å²) >= 11 is 0. The van der Waals surface area contributed by atoms with Crippen LogP contribution in [-0.4, -0.2) is 50.3 Å². The maximum absolute atomic E-state index is 12.9. The molecule has 0 aliphatic rings. The van der Waals surface area contributed by atoms with Crippen molar-refractivity contribution in [2.24, 2.45) is 0 Å². The monoisotopic (exact) mass is 474 g/mol. The van der Waals surface area contributed by atoms with Crippen molar-refractivity contribution >= 4 is 23.5 Å². The van der Waals surface area contributed by atoms with Gasteiger partial charge in [0.15, 0.2) is 0 Å². The summed E-state index contributed by atoms with van der Waals surface area (Å²) in [6.45, 7) is 3.82. The smallest absolute Gasteiger partial charge is 0.340 e. The number of aromatic nitrogens is 1. The lowest BCUT2D eigenvalue weighted by molar-refractivity contribution is 0.0386. The molecular formula is C27H26N2O6. The average molecular weight is 475 g/mol. The summed E-state index contributed by atoms with van der Waals surface area (Å²) in [5.74, 6) is 4.70. The number of rotatable bonds is 7. The minimum atomic E-state index is -0.513. The van der Waals surface area contributed by atoms with E-state index in [1.165, 1.54) is 14.2 Å². The summed E-state index contributed by atoms with van der Waals surface area (Å²) in [5, 5.41) is 2.83. The Morgan fingerprint density at radius 2 is 1.60 bits per heavy atom. The summed E-state index contributed by atoms with van der Waals surface area (Å²) in [5.41, 5.74) is 3.95. The Kier molecular flexibility index (Phi) is 8.43. The highest BCUT2D eigenvalue weighted by molar-refractivity contribution is 6.06. The summed E-state index contributed by atoms with van der Waals surface area (Å²) in [6, 6.07) is 13.9. The summed E-state index contributed by atoms with van der Waals surface area (Å²) < 4.78 is 14.8. The van der Waals surface area contributed by atoms with Gasteiger partial charge in [-0.3, -0.25) is 4.79 Å². The van der Waals surface area contributed by atoms with Crippen LogP contribution in [0.4, 0.5) is 5.69 Å². The van der Waals surface area contributed by atoms with Crippen molar-refractivity contribution in [2.45, 2.75) is 13.8 Å². The zero-order chi connectivity index (χ0) is 25.4. The number of nitrogens with one attached hydrogen (secondary N) is 2. The first-order chi connectivity index (χ1) is 16.8. The lowest BCUT2D eigenvalue weighted by atomic mass is 10.1. The van der Waals surface area contributed by atoms with Crippen LogP contribution in [0, 0.1) is 25.7 Å². The molecule has 0 radical (unpaired) electrons. The number of anilines is 1. The number of benzene rings is 2. The van der Waals surface area contributed by atoms with E-state index in [2.05, 4.69) is 22.1 Å². The Morgan fingerprint density at radius 1 is 0.914 bits per heavy atom. The predicted molar refractivity (Wildman–Crippen MR) is 131 cm³/mol. The molecule has 0 bridgehead atoms. The lowest BCUT2D eigenvalue weighted by Crippen LogP contribution is -2.14. The molecule has 1 aromatic heterocycles. The molecule has 0 aliphatic heterocycles. The van der Waals surface area contributed by atoms with E-state index < -0.39 is 17.8 Å². The van der Waals surface area contributed by atoms with Crippen molar-refractivity contribution in [1.82, 2.24) is 4.98 Å². The number of hydrogen-bond acceptors (Lipinski definition) is 6. The van der Waals surface area contributed by atoms with E-state index in [-0.39, 0.29) is 18.9 Å². The summed E-state index contributed by atoms with van der Waals surface area (Å²) in [7, 11) is 2.85. The molecule has 1 heterocycles. The first kappa shape index (κ1) is 25.3. The van der Waals surface area contributed by atoms with Gasteiger partial charge in [-0.1, -0.05) is 24.0 Å². The molecule has 35 heavy (non-hydrogen) atoms. The van der Waals surface area contributed by atoms with Crippen LogP contribution in [-0.2, 0) is 14.2 Å². The van der Waals surface area contributed by atoms with Crippen molar-refractivity contribution in [3.05, 3.63) is 87.7 Å². The topological polar surface area (TPSA) is 107 Å². The van der Waals surface area contributed by atoms with E-state index >= 15 is 0 Å². The molecule has 0 unspecified atom stereocenters. The van der Waals surface area contributed by atoms with Crippen molar-refractivity contribution in [2.75, 3.05) is 32.8 Å². The van der Waals surface area contributed by atoms with Gasteiger partial charge in [-0.2, -0.15) is 0 Å². The van der Waals surface area contributed by atoms with Crippen molar-refractivity contribution < 1.29 is 28.6 Å². The highest BCUT2D eigenvalue weighted by atomic mass is 16.6. The Morgan fingerprint density at radius 3 is 2.29 bits per heavy atom. The largest absolute Gasteiger partial charge is 0.465 e. The number of aryl methyl sites for hydroxylation is 1. The number of carbonyl (C=O) groups is 3. The minimum Gasteiger partial charge on any atom is -0.465 e. The molecule has 2 N–H and O–H groups in total. The maximum Gasteiger partial charge on any atom is 0.340 e. The van der Waals surface area contributed by atoms with Gasteiger partial charge in [0.25, 0.3) is 5.91 Å². The van der Waals surface area contributed by atoms with Gasteiger partial charge in [-0.15, -0.1) is 0 Å². The Balaban J connectivity index is 1.75. The van der Waals surface area contributed by atoms with Gasteiger partial charge in [0, 0.05) is 29.6 Å². The van der Waals surface area contributed by atoms with E-state index in [0.29, 0.717) is 39.2 Å². The second kappa shape index (κ2) is 11.7. The normalized spacial score (nSPS) is 10.2. The number of methoxy groups -OCH3 is 2. The molecule has 0 atom stereocenters. The molecule has 8 nitrogen and oxygen atoms in total. The van der Waals surface area contributed by atoms with Crippen LogP contribution in [0.1, 0.15) is 53.6 Å². The Hall–Kier alpha value is -4.35. The first-order valence-electron chi connectivity index (χ1n) is 10.8. The predicted octanol–water partition coefficient (Wildman–Crippen LogP) is 3.87. The van der Waals surface area contributed by atoms with Crippen LogP contribution in [0.2, 0.25) is 0 Å². The van der Waals surface area contributed by atoms with Crippen LogP contribution in [0.25, 0.3) is 0 Å². The zero-order valence-corrected chi connectivity index (χ0v) is 20.0. The number of esters is 2. The molecule has 2 aromatic carbocycles. The Labute approximate surface area is 203 Å². The van der Waals surface area contributed by atoms with Crippen LogP contribution >= 0.6 is 0 Å². The van der Waals surface area contributed by atoms with Crippen LogP contribution in [0.3, 0.4) is 0 Å². The van der Waals surface area contributed by atoms with E-state index in [1.54, 1.807) is 56.3 Å². The van der Waals surface area contributed by atoms with Crippen molar-refractivity contribution in [3.8, 4) is 11.8 Å². The quantitative estimate of drug-likeness (QED) is 0.306. The van der Waals surface area contributed by atoms with Crippen molar-refractivity contribution in [1.29, 1.82) is 0 Å². The molecule has 8 heteroatoms. The van der Waals surface area contributed by atoms with Gasteiger partial charge in [0.2, 0.25) is 0 Å². The molecule has 0 saturated heterocycles. The molecule has 0 saturated carbocycles. The Bertz CT molecular complexity index is 1310. The molecule has 0 fully saturated rings. The van der Waals surface area contributed by atoms with Gasteiger partial charge in [0.05, 0.1) is 24.8 Å². The molecule has 0 aliphatic carbocycles. The standard InChI is InChI=1S/C27H26N2O6/c1-17-23(27(32)35-14-13-33-3)18(2)28-24(17)25(30)29-22-10-6-8-20(16-22)12-11-19-7-5-9-21(15-19)26(31)34-4/h5-10,15-16,28H,13-14H2,1-4H3,(H,29,30). The highest BCUT2D eigenvalue weighted by Crippen LogP contribution is 2.21. The van der Waals surface area contributed by atoms with E-state index in [9.17, 15) is 14.4 Å². The fourth-order valence-corrected chi connectivity index (χ4v) is 3.43. The third-order valence-electron chi connectivity index (χ3n) is 5.14. The van der Waals surface area contributed by atoms with Gasteiger partial charge in [-0.05, 0) is 55.8 Å². The second-order valence-electron chi connectivity index (χ2n) is 7.61. The third kappa shape index (κ3) is 6.37. The molecule has 3 rings (SSSR count). The highest BCUT2D eigenvalue weighted by Gasteiger charge is 2.23. The average Bonchev–Trinajstić information content (AvgIpc) is 3.16. The summed E-state index contributed by atoms with van der Waals surface area (Å²) in [4.78, 5) is 40.0. The summed E-state index contributed by atoms with van der Waals surface area (Å²) in [6.07, 6.45) is 0. The van der Waals surface area contributed by atoms with Gasteiger partial charge >= 0.3 is 11.9 Å². The molecule has 180 valence electrons. The van der Waals surface area contributed by atoms with Crippen LogP contribution < -0.4 is 5.32 Å². The number of H-pyrrole nitrogens is 1. The molecule has 0 spiro atoms. The number of carbonyl (C=O) groups excluding carboxylic acids is 3. The minimum absolute atomic E-state index is 0.127. The number of aromatic amines is 1. The van der Waals surface area contributed by atoms with Gasteiger partial charge < -0.3 is 24.5 Å². The fourth-order valence-electron chi connectivity index (χ4n) is 3.43. The number of ether oxygens (including phenoxy) is 3. The van der Waals surface area contributed by atoms with E-state index in [0.717, 1.165) is 0 Å². The maximum atomic E-state index is 12.9. The zero-order valence-electron chi connectivity index (χ0n) is 20.0. The third-order valence-corrected chi connectivity index (χ3v) is 5.14. The molecular weight excluding hydrogens is 448 g/mol. The fraction of sp³-hybridized carbons (Fsp3) is 0.222. The van der Waals surface area contributed by atoms with E-state index in [1.807, 2.05) is 6.07 Å². The van der Waals surface area contributed by atoms with E-state index in [4.69, 9.17) is 14.2 Å². The number of hydrogen-bond donors (Lipinski definition) is 2. The lowest BCUT2D eigenvalue weighted by Gasteiger charge is -2.06. The van der Waals surface area contributed by atoms with Crippen molar-refractivity contribution in [3.63, 3.8) is 0 Å². The number of amides is 1. The van der Waals surface area contributed by atoms with Crippen LogP contribution in [0.5, 0.6) is 0 Å².